The van der Waals surface area contributed by atoms with Gasteiger partial charge >= 0.3 is 0 Å². The summed E-state index contributed by atoms with van der Waals surface area (Å²) in [6.45, 7) is 0. The molecule has 0 fully saturated rings. The van der Waals surface area contributed by atoms with Gasteiger partial charge in [0, 0.05) is 49.9 Å². The average molecular weight is 805 g/mol. The smallest absolute Gasteiger partial charge is 0.143 e. The lowest BCUT2D eigenvalue weighted by Gasteiger charge is -2.26. The van der Waals surface area contributed by atoms with Gasteiger partial charge < -0.3 is 13.9 Å². The molecule has 12 aromatic rings. The minimum absolute atomic E-state index is 0.887. The van der Waals surface area contributed by atoms with E-state index in [2.05, 4.69) is 246 Å². The highest BCUT2D eigenvalue weighted by atomic mass is 16.3. The van der Waals surface area contributed by atoms with Gasteiger partial charge in [0.15, 0.2) is 0 Å². The first kappa shape index (κ1) is 36.5. The molecular weight excluding hydrogens is 765 g/mol. The third-order valence-electron chi connectivity index (χ3n) is 12.4. The number of hydrogen-bond acceptors (Lipinski definition) is 2. The van der Waals surface area contributed by atoms with Crippen LogP contribution in [0, 0.1) is 0 Å². The Balaban J connectivity index is 0.977. The van der Waals surface area contributed by atoms with Crippen molar-refractivity contribution in [3.05, 3.63) is 243 Å². The SMILES string of the molecule is c1ccc(-c2ccccc2-c2ccc(N(c3ccc(-c4ccc5oc6c(-c7ccccc7)cccc6c5c4)cc3)c3ccc4c5ccccc5n(-c5ccccc5)c4c3)cc2)cc1. The maximum absolute atomic E-state index is 6.52. The highest BCUT2D eigenvalue weighted by molar-refractivity contribution is 6.11. The van der Waals surface area contributed by atoms with E-state index < -0.39 is 0 Å². The van der Waals surface area contributed by atoms with Crippen LogP contribution in [0.2, 0.25) is 0 Å². The number of para-hydroxylation sites is 3. The van der Waals surface area contributed by atoms with Crippen LogP contribution in [0.1, 0.15) is 0 Å². The first-order valence-corrected chi connectivity index (χ1v) is 21.5. The third-order valence-corrected chi connectivity index (χ3v) is 12.4. The fourth-order valence-electron chi connectivity index (χ4n) is 9.42. The minimum Gasteiger partial charge on any atom is -0.455 e. The van der Waals surface area contributed by atoms with Crippen molar-refractivity contribution in [1.82, 2.24) is 4.57 Å². The molecule has 0 aliphatic heterocycles. The molecule has 12 rings (SSSR count). The van der Waals surface area contributed by atoms with E-state index in [1.165, 1.54) is 38.5 Å². The van der Waals surface area contributed by atoms with E-state index in [0.717, 1.165) is 72.5 Å². The van der Waals surface area contributed by atoms with E-state index in [9.17, 15) is 0 Å². The Hall–Kier alpha value is -8.40. The van der Waals surface area contributed by atoms with Crippen LogP contribution in [-0.4, -0.2) is 4.57 Å². The second kappa shape index (κ2) is 15.3. The second-order valence-corrected chi connectivity index (χ2v) is 16.1. The largest absolute Gasteiger partial charge is 0.455 e. The summed E-state index contributed by atoms with van der Waals surface area (Å²) in [5, 5.41) is 4.69. The number of hydrogen-bond donors (Lipinski definition) is 0. The van der Waals surface area contributed by atoms with Crippen molar-refractivity contribution >= 4 is 60.8 Å². The number of benzene rings is 10. The zero-order chi connectivity index (χ0) is 41.7. The van der Waals surface area contributed by atoms with Gasteiger partial charge in [-0.2, -0.15) is 0 Å². The van der Waals surface area contributed by atoms with Crippen molar-refractivity contribution in [2.75, 3.05) is 4.90 Å². The molecular formula is C60H40N2O. The Kier molecular flexibility index (Phi) is 8.83. The molecule has 63 heavy (non-hydrogen) atoms. The number of furan rings is 1. The van der Waals surface area contributed by atoms with Crippen LogP contribution in [0.15, 0.2) is 247 Å². The minimum atomic E-state index is 0.887. The Morgan fingerprint density at radius 1 is 0.302 bits per heavy atom. The highest BCUT2D eigenvalue weighted by Crippen LogP contribution is 2.43. The van der Waals surface area contributed by atoms with E-state index in [1.807, 2.05) is 6.07 Å². The third kappa shape index (κ3) is 6.38. The molecule has 0 N–H and O–H groups in total. The topological polar surface area (TPSA) is 21.3 Å². The van der Waals surface area contributed by atoms with E-state index in [0.29, 0.717) is 0 Å². The van der Waals surface area contributed by atoms with Gasteiger partial charge in [-0.05, 0) is 106 Å². The quantitative estimate of drug-likeness (QED) is 0.153. The van der Waals surface area contributed by atoms with Crippen molar-refractivity contribution in [2.45, 2.75) is 0 Å². The van der Waals surface area contributed by atoms with Crippen LogP contribution in [0.4, 0.5) is 17.1 Å². The highest BCUT2D eigenvalue weighted by Gasteiger charge is 2.19. The van der Waals surface area contributed by atoms with E-state index in [4.69, 9.17) is 4.42 Å². The van der Waals surface area contributed by atoms with Crippen molar-refractivity contribution in [2.24, 2.45) is 0 Å². The van der Waals surface area contributed by atoms with Crippen molar-refractivity contribution in [3.8, 4) is 50.2 Å². The van der Waals surface area contributed by atoms with Gasteiger partial charge in [-0.25, -0.2) is 0 Å². The molecule has 3 nitrogen and oxygen atoms in total. The van der Waals surface area contributed by atoms with Crippen molar-refractivity contribution in [3.63, 3.8) is 0 Å². The predicted molar refractivity (Wildman–Crippen MR) is 264 cm³/mol. The van der Waals surface area contributed by atoms with Crippen LogP contribution in [0.5, 0.6) is 0 Å². The summed E-state index contributed by atoms with van der Waals surface area (Å²) in [5.41, 5.74) is 17.8. The molecule has 0 amide bonds. The molecule has 0 bridgehead atoms. The fraction of sp³-hybridized carbons (Fsp3) is 0. The number of rotatable bonds is 8. The summed E-state index contributed by atoms with van der Waals surface area (Å²) >= 11 is 0. The predicted octanol–water partition coefficient (Wildman–Crippen LogP) is 16.8. The number of fused-ring (bicyclic) bond motifs is 6. The molecule has 0 radical (unpaired) electrons. The molecule has 0 atom stereocenters. The Labute approximate surface area is 366 Å². The number of nitrogens with zero attached hydrogens (tertiary/aromatic N) is 2. The van der Waals surface area contributed by atoms with Gasteiger partial charge in [-0.1, -0.05) is 176 Å². The molecule has 296 valence electrons. The summed E-state index contributed by atoms with van der Waals surface area (Å²) < 4.78 is 8.91. The molecule has 0 saturated heterocycles. The van der Waals surface area contributed by atoms with Crippen LogP contribution >= 0.6 is 0 Å². The van der Waals surface area contributed by atoms with Crippen molar-refractivity contribution in [1.29, 1.82) is 0 Å². The molecule has 0 aliphatic carbocycles. The number of aromatic nitrogens is 1. The Morgan fingerprint density at radius 2 is 0.810 bits per heavy atom. The Morgan fingerprint density at radius 3 is 1.51 bits per heavy atom. The molecule has 0 aliphatic rings. The standard InChI is InChI=1S/C60H40N2O/c1-4-15-42(16-5-1)50-21-10-11-22-51(50)44-29-34-48(35-30-44)61(49-36-37-54-53-23-12-13-26-57(53)62(58(54)40-49)46-19-8-3-9-20-46)47-32-27-41(28-33-47)45-31-38-59-56(39-45)55-25-14-24-52(60(55)63-59)43-17-6-2-7-18-43/h1-40H. The van der Waals surface area contributed by atoms with Gasteiger partial charge in [0.1, 0.15) is 11.2 Å². The monoisotopic (exact) mass is 804 g/mol. The van der Waals surface area contributed by atoms with Gasteiger partial charge in [-0.3, -0.25) is 0 Å². The van der Waals surface area contributed by atoms with Gasteiger partial charge in [0.05, 0.1) is 11.0 Å². The van der Waals surface area contributed by atoms with Crippen LogP contribution in [0.3, 0.4) is 0 Å². The van der Waals surface area contributed by atoms with Crippen LogP contribution < -0.4 is 4.90 Å². The van der Waals surface area contributed by atoms with Gasteiger partial charge in [0.25, 0.3) is 0 Å². The van der Waals surface area contributed by atoms with Gasteiger partial charge in [-0.15, -0.1) is 0 Å². The van der Waals surface area contributed by atoms with E-state index >= 15 is 0 Å². The first-order valence-electron chi connectivity index (χ1n) is 21.5. The van der Waals surface area contributed by atoms with E-state index in [-0.39, 0.29) is 0 Å². The maximum Gasteiger partial charge on any atom is 0.143 e. The molecule has 0 saturated carbocycles. The molecule has 0 unspecified atom stereocenters. The lowest BCUT2D eigenvalue weighted by atomic mass is 9.94. The van der Waals surface area contributed by atoms with Gasteiger partial charge in [0.2, 0.25) is 0 Å². The lowest BCUT2D eigenvalue weighted by molar-refractivity contribution is 0.670. The summed E-state index contributed by atoms with van der Waals surface area (Å²) in [7, 11) is 0. The summed E-state index contributed by atoms with van der Waals surface area (Å²) in [6.07, 6.45) is 0. The molecule has 2 aromatic heterocycles. The summed E-state index contributed by atoms with van der Waals surface area (Å²) in [6, 6.07) is 87.0. The number of anilines is 3. The maximum atomic E-state index is 6.52. The van der Waals surface area contributed by atoms with Crippen LogP contribution in [0.25, 0.3) is 93.9 Å². The first-order chi connectivity index (χ1) is 31.2. The average Bonchev–Trinajstić information content (AvgIpc) is 3.91. The zero-order valence-corrected chi connectivity index (χ0v) is 34.4. The Bertz CT molecular complexity index is 3590. The molecule has 0 spiro atoms. The lowest BCUT2D eigenvalue weighted by Crippen LogP contribution is -2.10. The zero-order valence-electron chi connectivity index (χ0n) is 34.4. The second-order valence-electron chi connectivity index (χ2n) is 16.1. The molecule has 10 aromatic carbocycles. The summed E-state index contributed by atoms with van der Waals surface area (Å²) in [4.78, 5) is 2.38. The normalized spacial score (nSPS) is 11.5. The molecule has 2 heterocycles. The van der Waals surface area contributed by atoms with Crippen LogP contribution in [-0.2, 0) is 0 Å². The van der Waals surface area contributed by atoms with Crippen molar-refractivity contribution < 1.29 is 4.42 Å². The van der Waals surface area contributed by atoms with E-state index in [1.54, 1.807) is 0 Å². The fourth-order valence-corrected chi connectivity index (χ4v) is 9.42. The molecule has 3 heteroatoms. The summed E-state index contributed by atoms with van der Waals surface area (Å²) in [5.74, 6) is 0.